The van der Waals surface area contributed by atoms with Crippen molar-refractivity contribution in [2.45, 2.75) is 37.7 Å². The Kier molecular flexibility index (Phi) is 5.29. The molecule has 2 heterocycles. The topological polar surface area (TPSA) is 75.3 Å². The Morgan fingerprint density at radius 3 is 2.44 bits per heavy atom. The average Bonchev–Trinajstić information content (AvgIpc) is 2.91. The van der Waals surface area contributed by atoms with Crippen molar-refractivity contribution in [2.24, 2.45) is 0 Å². The molecule has 1 aliphatic heterocycles. The van der Waals surface area contributed by atoms with Gasteiger partial charge in [-0.1, -0.05) is 23.2 Å². The number of nitrogens with zero attached hydrogens (tertiary/aromatic N) is 2. The van der Waals surface area contributed by atoms with Crippen LogP contribution in [-0.2, 0) is 10.0 Å². The first-order chi connectivity index (χ1) is 11.8. The third kappa shape index (κ3) is 3.79. The number of aromatic nitrogens is 2. The number of H-pyrrole nitrogens is 1. The minimum Gasteiger partial charge on any atom is -0.490 e. The second-order valence-electron chi connectivity index (χ2n) is 6.06. The van der Waals surface area contributed by atoms with Crippen LogP contribution in [0.4, 0.5) is 0 Å². The molecule has 1 aromatic heterocycles. The second kappa shape index (κ2) is 7.15. The summed E-state index contributed by atoms with van der Waals surface area (Å²) < 4.78 is 33.1. The van der Waals surface area contributed by atoms with Gasteiger partial charge in [0.1, 0.15) is 16.7 Å². The number of aryl methyl sites for hydroxylation is 2. The molecule has 25 heavy (non-hydrogen) atoms. The predicted molar refractivity (Wildman–Crippen MR) is 96.9 cm³/mol. The van der Waals surface area contributed by atoms with Crippen molar-refractivity contribution >= 4 is 33.2 Å². The van der Waals surface area contributed by atoms with E-state index in [0.29, 0.717) is 53.1 Å². The average molecular weight is 404 g/mol. The van der Waals surface area contributed by atoms with E-state index < -0.39 is 10.0 Å². The molecule has 136 valence electrons. The van der Waals surface area contributed by atoms with Crippen LogP contribution in [0, 0.1) is 13.8 Å². The molecule has 1 saturated heterocycles. The minimum atomic E-state index is -3.54. The van der Waals surface area contributed by atoms with E-state index >= 15 is 0 Å². The summed E-state index contributed by atoms with van der Waals surface area (Å²) in [6, 6.07) is 5.12. The Balaban J connectivity index is 1.66. The highest BCUT2D eigenvalue weighted by atomic mass is 35.5. The third-order valence-corrected chi connectivity index (χ3v) is 7.15. The Morgan fingerprint density at radius 2 is 1.88 bits per heavy atom. The van der Waals surface area contributed by atoms with Gasteiger partial charge in [-0.25, -0.2) is 8.42 Å². The van der Waals surface area contributed by atoms with Gasteiger partial charge in [-0.3, -0.25) is 5.10 Å². The van der Waals surface area contributed by atoms with Crippen LogP contribution in [0.1, 0.15) is 24.2 Å². The van der Waals surface area contributed by atoms with Gasteiger partial charge < -0.3 is 4.74 Å². The standard InChI is InChI=1S/C16H19Cl2N3O3S/c1-10-16(11(2)20-19-10)25(22,23)21-7-5-12(6-8-21)24-13-3-4-14(17)15(18)9-13/h3-4,9,12H,5-8H2,1-2H3,(H,19,20). The number of aromatic amines is 1. The molecule has 6 nitrogen and oxygen atoms in total. The van der Waals surface area contributed by atoms with E-state index in [1.807, 2.05) is 0 Å². The van der Waals surface area contributed by atoms with Gasteiger partial charge in [0.05, 0.1) is 21.4 Å². The fraction of sp³-hybridized carbons (Fsp3) is 0.438. The van der Waals surface area contributed by atoms with Crippen LogP contribution in [0.5, 0.6) is 5.75 Å². The number of halogens is 2. The fourth-order valence-electron chi connectivity index (χ4n) is 2.98. The lowest BCUT2D eigenvalue weighted by atomic mass is 10.1. The smallest absolute Gasteiger partial charge is 0.246 e. The number of piperidine rings is 1. The SMILES string of the molecule is Cc1n[nH]c(C)c1S(=O)(=O)N1CCC(Oc2ccc(Cl)c(Cl)c2)CC1. The summed E-state index contributed by atoms with van der Waals surface area (Å²) in [4.78, 5) is 0.274. The molecule has 0 saturated carbocycles. The van der Waals surface area contributed by atoms with Gasteiger partial charge in [0, 0.05) is 19.2 Å². The lowest BCUT2D eigenvalue weighted by molar-refractivity contribution is 0.135. The molecule has 0 amide bonds. The monoisotopic (exact) mass is 403 g/mol. The maximum atomic E-state index is 12.8. The summed E-state index contributed by atoms with van der Waals surface area (Å²) in [7, 11) is -3.54. The molecule has 0 spiro atoms. The highest BCUT2D eigenvalue weighted by molar-refractivity contribution is 7.89. The van der Waals surface area contributed by atoms with E-state index in [1.54, 1.807) is 32.0 Å². The zero-order valence-electron chi connectivity index (χ0n) is 13.9. The van der Waals surface area contributed by atoms with Crippen molar-refractivity contribution in [3.8, 4) is 5.75 Å². The van der Waals surface area contributed by atoms with Crippen LogP contribution in [0.25, 0.3) is 0 Å². The van der Waals surface area contributed by atoms with Crippen LogP contribution in [0.15, 0.2) is 23.1 Å². The lowest BCUT2D eigenvalue weighted by Gasteiger charge is -2.31. The Hall–Kier alpha value is -1.28. The summed E-state index contributed by atoms with van der Waals surface area (Å²) in [6.45, 7) is 4.21. The quantitative estimate of drug-likeness (QED) is 0.846. The molecule has 0 bridgehead atoms. The molecular formula is C16H19Cl2N3O3S. The molecule has 0 atom stereocenters. The molecule has 1 N–H and O–H groups in total. The maximum absolute atomic E-state index is 12.8. The van der Waals surface area contributed by atoms with Gasteiger partial charge in [0.15, 0.2) is 0 Å². The van der Waals surface area contributed by atoms with Crippen LogP contribution in [0.3, 0.4) is 0 Å². The van der Waals surface area contributed by atoms with E-state index in [4.69, 9.17) is 27.9 Å². The van der Waals surface area contributed by atoms with Gasteiger partial charge in [-0.05, 0) is 38.8 Å². The zero-order chi connectivity index (χ0) is 18.2. The third-order valence-electron chi connectivity index (χ3n) is 4.25. The molecule has 0 unspecified atom stereocenters. The minimum absolute atomic E-state index is 0.0600. The van der Waals surface area contributed by atoms with E-state index in [0.717, 1.165) is 0 Å². The number of hydrogen-bond acceptors (Lipinski definition) is 4. The maximum Gasteiger partial charge on any atom is 0.246 e. The highest BCUT2D eigenvalue weighted by Crippen LogP contribution is 2.29. The zero-order valence-corrected chi connectivity index (χ0v) is 16.2. The molecule has 1 aromatic carbocycles. The Labute approximate surface area is 157 Å². The van der Waals surface area contributed by atoms with E-state index in [1.165, 1.54) is 4.31 Å². The fourth-order valence-corrected chi connectivity index (χ4v) is 5.07. The normalized spacial score (nSPS) is 17.0. The van der Waals surface area contributed by atoms with Crippen molar-refractivity contribution in [1.82, 2.24) is 14.5 Å². The van der Waals surface area contributed by atoms with Crippen molar-refractivity contribution in [3.63, 3.8) is 0 Å². The van der Waals surface area contributed by atoms with E-state index in [2.05, 4.69) is 10.2 Å². The Bertz CT molecular complexity index is 855. The number of rotatable bonds is 4. The molecule has 2 aromatic rings. The lowest BCUT2D eigenvalue weighted by Crippen LogP contribution is -2.42. The summed E-state index contributed by atoms with van der Waals surface area (Å²) in [5.74, 6) is 0.636. The first kappa shape index (κ1) is 18.5. The van der Waals surface area contributed by atoms with Gasteiger partial charge in [-0.15, -0.1) is 0 Å². The summed E-state index contributed by atoms with van der Waals surface area (Å²) >= 11 is 11.9. The van der Waals surface area contributed by atoms with Crippen LogP contribution >= 0.6 is 23.2 Å². The second-order valence-corrected chi connectivity index (χ2v) is 8.75. The molecule has 3 rings (SSSR count). The number of sulfonamides is 1. The molecule has 1 aliphatic rings. The van der Waals surface area contributed by atoms with Gasteiger partial charge >= 0.3 is 0 Å². The predicted octanol–water partition coefficient (Wildman–Crippen LogP) is 3.57. The number of ether oxygens (including phenoxy) is 1. The summed E-state index contributed by atoms with van der Waals surface area (Å²) in [5, 5.41) is 7.62. The van der Waals surface area contributed by atoms with Crippen molar-refractivity contribution in [3.05, 3.63) is 39.6 Å². The van der Waals surface area contributed by atoms with Crippen molar-refractivity contribution < 1.29 is 13.2 Å². The first-order valence-electron chi connectivity index (χ1n) is 7.92. The first-order valence-corrected chi connectivity index (χ1v) is 10.1. The molecule has 0 radical (unpaired) electrons. The van der Waals surface area contributed by atoms with Crippen molar-refractivity contribution in [2.75, 3.05) is 13.1 Å². The van der Waals surface area contributed by atoms with Crippen LogP contribution in [-0.4, -0.2) is 42.1 Å². The Morgan fingerprint density at radius 1 is 1.20 bits per heavy atom. The number of nitrogens with one attached hydrogen (secondary N) is 1. The highest BCUT2D eigenvalue weighted by Gasteiger charge is 2.33. The molecule has 1 fully saturated rings. The number of benzene rings is 1. The van der Waals surface area contributed by atoms with Gasteiger partial charge in [0.25, 0.3) is 0 Å². The molecule has 9 heteroatoms. The summed E-state index contributed by atoms with van der Waals surface area (Å²) in [5.41, 5.74) is 1.05. The van der Waals surface area contributed by atoms with Crippen molar-refractivity contribution in [1.29, 1.82) is 0 Å². The largest absolute Gasteiger partial charge is 0.490 e. The van der Waals surface area contributed by atoms with Gasteiger partial charge in [0.2, 0.25) is 10.0 Å². The van der Waals surface area contributed by atoms with E-state index in [-0.39, 0.29) is 11.0 Å². The molecular weight excluding hydrogens is 385 g/mol. The van der Waals surface area contributed by atoms with E-state index in [9.17, 15) is 8.42 Å². The summed E-state index contributed by atoms with van der Waals surface area (Å²) in [6.07, 6.45) is 1.15. The van der Waals surface area contributed by atoms with Crippen LogP contribution < -0.4 is 4.74 Å². The van der Waals surface area contributed by atoms with Crippen LogP contribution in [0.2, 0.25) is 10.0 Å². The number of hydrogen-bond donors (Lipinski definition) is 1. The van der Waals surface area contributed by atoms with Gasteiger partial charge in [-0.2, -0.15) is 9.40 Å². The molecule has 0 aliphatic carbocycles.